The van der Waals surface area contributed by atoms with Crippen LogP contribution in [0.1, 0.15) is 64.2 Å². The first-order chi connectivity index (χ1) is 16.4. The number of fused-ring (bicyclic) bond motifs is 3. The SMILES string of the molecule is CCC1=CC2C(=O)C3(C=C(C)C(OC(=O)c4c(Cl)cccc4NC)C3(O)C1)[C@H](C)C[C@@H]1[C@H]2C1(C)C. The second-order valence-corrected chi connectivity index (χ2v) is 12.1. The molecular weight excluding hydrogens is 462 g/mol. The van der Waals surface area contributed by atoms with E-state index in [2.05, 4.69) is 39.1 Å². The normalized spacial score (nSPS) is 38.9. The van der Waals surface area contributed by atoms with Gasteiger partial charge >= 0.3 is 5.97 Å². The fraction of sp³-hybridized carbons (Fsp3) is 0.586. The van der Waals surface area contributed by atoms with E-state index in [4.69, 9.17) is 16.3 Å². The van der Waals surface area contributed by atoms with Gasteiger partial charge in [-0.25, -0.2) is 4.79 Å². The first-order valence-electron chi connectivity index (χ1n) is 12.8. The van der Waals surface area contributed by atoms with Crippen molar-refractivity contribution in [3.05, 3.63) is 52.1 Å². The summed E-state index contributed by atoms with van der Waals surface area (Å²) >= 11 is 6.39. The van der Waals surface area contributed by atoms with Crippen LogP contribution in [0, 0.1) is 34.5 Å². The van der Waals surface area contributed by atoms with E-state index in [-0.39, 0.29) is 39.5 Å². The molecule has 1 aromatic rings. The molecule has 2 fully saturated rings. The van der Waals surface area contributed by atoms with Crippen LogP contribution in [0.2, 0.25) is 5.02 Å². The van der Waals surface area contributed by atoms with E-state index in [0.717, 1.165) is 24.0 Å². The first kappa shape index (κ1) is 24.6. The summed E-state index contributed by atoms with van der Waals surface area (Å²) in [6.45, 7) is 10.5. The number of allylic oxidation sites excluding steroid dienone is 1. The number of ketones is 1. The Kier molecular flexibility index (Phi) is 5.58. The lowest BCUT2D eigenvalue weighted by atomic mass is 9.59. The molecule has 0 radical (unpaired) electrons. The summed E-state index contributed by atoms with van der Waals surface area (Å²) in [6, 6.07) is 5.16. The Balaban J connectivity index is 1.60. The van der Waals surface area contributed by atoms with Crippen LogP contribution >= 0.6 is 11.6 Å². The maximum Gasteiger partial charge on any atom is 0.342 e. The molecule has 0 aromatic heterocycles. The zero-order valence-corrected chi connectivity index (χ0v) is 22.2. The minimum Gasteiger partial charge on any atom is -0.451 e. The second kappa shape index (κ2) is 7.94. The molecule has 4 aliphatic carbocycles. The van der Waals surface area contributed by atoms with Crippen molar-refractivity contribution in [2.45, 2.75) is 65.6 Å². The summed E-state index contributed by atoms with van der Waals surface area (Å²) in [5.41, 5.74) is 0.0593. The fourth-order valence-electron chi connectivity index (χ4n) is 7.82. The molecule has 4 aliphatic rings. The predicted octanol–water partition coefficient (Wildman–Crippen LogP) is 5.82. The van der Waals surface area contributed by atoms with E-state index in [9.17, 15) is 14.7 Å². The molecule has 2 bridgehead atoms. The van der Waals surface area contributed by atoms with Crippen LogP contribution in [0.15, 0.2) is 41.5 Å². The van der Waals surface area contributed by atoms with Gasteiger partial charge in [-0.2, -0.15) is 0 Å². The number of hydrogen-bond acceptors (Lipinski definition) is 5. The molecule has 0 aliphatic heterocycles. The fourth-order valence-corrected chi connectivity index (χ4v) is 8.07. The molecule has 7 atom stereocenters. The van der Waals surface area contributed by atoms with E-state index >= 15 is 0 Å². The number of nitrogens with one attached hydrogen (secondary N) is 1. The average molecular weight is 498 g/mol. The molecule has 2 N–H and O–H groups in total. The highest BCUT2D eigenvalue weighted by atomic mass is 35.5. The van der Waals surface area contributed by atoms with Crippen molar-refractivity contribution in [3.8, 4) is 0 Å². The highest BCUT2D eigenvalue weighted by Crippen LogP contribution is 2.71. The van der Waals surface area contributed by atoms with E-state index in [1.54, 1.807) is 25.2 Å². The molecule has 188 valence electrons. The number of hydrogen-bond donors (Lipinski definition) is 2. The molecule has 4 unspecified atom stereocenters. The van der Waals surface area contributed by atoms with Gasteiger partial charge in [0.2, 0.25) is 0 Å². The van der Waals surface area contributed by atoms with Gasteiger partial charge in [0.15, 0.2) is 11.9 Å². The maximum atomic E-state index is 14.4. The standard InChI is InChI=1S/C29H36ClNO4/c1-7-17-12-18-23-19(27(23,4)5)11-16(3)28(24(18)32)13-15(2)25(29(28,34)14-17)35-26(33)22-20(30)9-8-10-21(22)31-6/h8-10,12-13,16,18-19,23,25,31,34H,7,11,14H2,1-6H3/t16-,18?,19-,23+,25?,28?,29?/m1/s1. The number of carbonyl (C=O) groups excluding carboxylic acids is 2. The number of ether oxygens (including phenoxy) is 1. The maximum absolute atomic E-state index is 14.4. The molecular formula is C29H36ClNO4. The Bertz CT molecular complexity index is 1170. The Morgan fingerprint density at radius 2 is 2.03 bits per heavy atom. The van der Waals surface area contributed by atoms with Gasteiger partial charge in [0.05, 0.1) is 10.4 Å². The van der Waals surface area contributed by atoms with E-state index in [0.29, 0.717) is 18.0 Å². The van der Waals surface area contributed by atoms with E-state index < -0.39 is 23.1 Å². The predicted molar refractivity (Wildman–Crippen MR) is 137 cm³/mol. The van der Waals surface area contributed by atoms with Crippen LogP contribution in [-0.2, 0) is 9.53 Å². The molecule has 0 saturated heterocycles. The number of benzene rings is 1. The number of halogens is 1. The third-order valence-electron chi connectivity index (χ3n) is 9.72. The zero-order valence-electron chi connectivity index (χ0n) is 21.4. The monoisotopic (exact) mass is 497 g/mol. The molecule has 5 nitrogen and oxygen atoms in total. The summed E-state index contributed by atoms with van der Waals surface area (Å²) in [7, 11) is 1.72. The largest absolute Gasteiger partial charge is 0.451 e. The Morgan fingerprint density at radius 3 is 2.69 bits per heavy atom. The molecule has 1 spiro atoms. The summed E-state index contributed by atoms with van der Waals surface area (Å²) in [6.07, 6.45) is 5.07. The van der Waals surface area contributed by atoms with Gasteiger partial charge in [-0.05, 0) is 60.6 Å². The van der Waals surface area contributed by atoms with Crippen LogP contribution in [0.4, 0.5) is 5.69 Å². The highest BCUT2D eigenvalue weighted by molar-refractivity contribution is 6.34. The summed E-state index contributed by atoms with van der Waals surface area (Å²) in [5, 5.41) is 15.8. The summed E-state index contributed by atoms with van der Waals surface area (Å²) in [5.74, 6) is -0.0848. The number of aliphatic hydroxyl groups is 1. The van der Waals surface area contributed by atoms with Gasteiger partial charge in [0.25, 0.3) is 0 Å². The molecule has 5 rings (SSSR count). The van der Waals surface area contributed by atoms with Crippen LogP contribution in [0.25, 0.3) is 0 Å². The third kappa shape index (κ3) is 3.16. The highest BCUT2D eigenvalue weighted by Gasteiger charge is 2.74. The van der Waals surface area contributed by atoms with Crippen molar-refractivity contribution in [1.82, 2.24) is 0 Å². The number of anilines is 1. The van der Waals surface area contributed by atoms with E-state index in [1.165, 1.54) is 0 Å². The van der Waals surface area contributed by atoms with Gasteiger partial charge in [0, 0.05) is 25.1 Å². The van der Waals surface area contributed by atoms with Crippen molar-refractivity contribution < 1.29 is 19.4 Å². The number of Topliss-reactive ketones (excluding diaryl/α,β-unsaturated/α-hetero) is 1. The average Bonchev–Trinajstić information content (AvgIpc) is 3.31. The van der Waals surface area contributed by atoms with Gasteiger partial charge in [-0.15, -0.1) is 0 Å². The molecule has 6 heteroatoms. The van der Waals surface area contributed by atoms with Crippen LogP contribution < -0.4 is 5.32 Å². The smallest absolute Gasteiger partial charge is 0.342 e. The topological polar surface area (TPSA) is 75.6 Å². The number of rotatable bonds is 4. The number of esters is 1. The van der Waals surface area contributed by atoms with Crippen molar-refractivity contribution in [2.75, 3.05) is 12.4 Å². The first-order valence-corrected chi connectivity index (χ1v) is 13.1. The quantitative estimate of drug-likeness (QED) is 0.405. The Morgan fingerprint density at radius 1 is 1.31 bits per heavy atom. The van der Waals surface area contributed by atoms with Crippen molar-refractivity contribution >= 4 is 29.0 Å². The van der Waals surface area contributed by atoms with E-state index in [1.807, 2.05) is 13.0 Å². The lowest BCUT2D eigenvalue weighted by molar-refractivity contribution is -0.163. The summed E-state index contributed by atoms with van der Waals surface area (Å²) < 4.78 is 6.10. The molecule has 2 saturated carbocycles. The Labute approximate surface area is 213 Å². The second-order valence-electron chi connectivity index (χ2n) is 11.7. The summed E-state index contributed by atoms with van der Waals surface area (Å²) in [4.78, 5) is 27.9. The minimum atomic E-state index is -1.54. The zero-order chi connectivity index (χ0) is 25.5. The van der Waals surface area contributed by atoms with Gasteiger partial charge in [-0.3, -0.25) is 4.79 Å². The van der Waals surface area contributed by atoms with Crippen molar-refractivity contribution in [1.29, 1.82) is 0 Å². The van der Waals surface area contributed by atoms with Crippen molar-refractivity contribution in [2.24, 2.45) is 34.5 Å². The molecule has 0 heterocycles. The number of carbonyl (C=O) groups is 2. The van der Waals surface area contributed by atoms with Crippen LogP contribution in [0.3, 0.4) is 0 Å². The van der Waals surface area contributed by atoms with Gasteiger partial charge in [-0.1, -0.05) is 63.1 Å². The third-order valence-corrected chi connectivity index (χ3v) is 10.0. The molecule has 35 heavy (non-hydrogen) atoms. The minimum absolute atomic E-state index is 0.0734. The van der Waals surface area contributed by atoms with Crippen LogP contribution in [-0.4, -0.2) is 35.6 Å². The molecule has 1 aromatic carbocycles. The van der Waals surface area contributed by atoms with Crippen LogP contribution in [0.5, 0.6) is 0 Å². The lowest BCUT2D eigenvalue weighted by Crippen LogP contribution is -2.59. The van der Waals surface area contributed by atoms with Crippen molar-refractivity contribution in [3.63, 3.8) is 0 Å². The lowest BCUT2D eigenvalue weighted by Gasteiger charge is -2.47. The molecule has 0 amide bonds. The van der Waals surface area contributed by atoms with Gasteiger partial charge < -0.3 is 15.2 Å². The Hall–Kier alpha value is -2.11. The van der Waals surface area contributed by atoms with Gasteiger partial charge in [0.1, 0.15) is 11.2 Å².